The maximum absolute atomic E-state index is 10.5. The Labute approximate surface area is 142 Å². The lowest BCUT2D eigenvalue weighted by molar-refractivity contribution is -0.112. The summed E-state index contributed by atoms with van der Waals surface area (Å²) in [4.78, 5) is 10.5. The van der Waals surface area contributed by atoms with Gasteiger partial charge in [-0.25, -0.2) is 0 Å². The quantitative estimate of drug-likeness (QED) is 0.264. The topological polar surface area (TPSA) is 17.1 Å². The van der Waals surface area contributed by atoms with Crippen molar-refractivity contribution >= 4 is 5.78 Å². The number of ketones is 1. The Kier molecular flexibility index (Phi) is 34.2. The van der Waals surface area contributed by atoms with E-state index in [9.17, 15) is 4.79 Å². The lowest BCUT2D eigenvalue weighted by Gasteiger charge is -1.95. The average molecular weight is 313 g/mol. The summed E-state index contributed by atoms with van der Waals surface area (Å²) in [6, 6.07) is 0. The van der Waals surface area contributed by atoms with Crippen molar-refractivity contribution in [1.82, 2.24) is 0 Å². The zero-order chi connectivity index (χ0) is 17.5. The van der Waals surface area contributed by atoms with E-state index in [0.29, 0.717) is 0 Å². The largest absolute Gasteiger partial charge is 0.295 e. The number of hydrogen-bond acceptors (Lipinski definition) is 1. The fourth-order valence-electron chi connectivity index (χ4n) is 1.97. The highest BCUT2D eigenvalue weighted by atomic mass is 16.1. The first kappa shape index (κ1) is 26.3. The van der Waals surface area contributed by atoms with E-state index in [1.807, 2.05) is 19.9 Å². The van der Waals surface area contributed by atoms with Crippen LogP contribution in [0.4, 0.5) is 0 Å². The Morgan fingerprint density at radius 2 is 1.05 bits per heavy atom. The molecule has 0 aromatic rings. The van der Waals surface area contributed by atoms with Crippen LogP contribution in [0.25, 0.3) is 0 Å². The van der Waals surface area contributed by atoms with Crippen LogP contribution in [0.2, 0.25) is 0 Å². The third-order valence-electron chi connectivity index (χ3n) is 3.28. The van der Waals surface area contributed by atoms with E-state index < -0.39 is 0 Å². The first-order valence-corrected chi connectivity index (χ1v) is 9.86. The summed E-state index contributed by atoms with van der Waals surface area (Å²) in [5.74, 6) is 0.156. The van der Waals surface area contributed by atoms with Crippen molar-refractivity contribution in [2.45, 2.75) is 119 Å². The van der Waals surface area contributed by atoms with Crippen LogP contribution in [0, 0.1) is 0 Å². The van der Waals surface area contributed by atoms with Crippen molar-refractivity contribution in [2.75, 3.05) is 0 Å². The van der Waals surface area contributed by atoms with Crippen LogP contribution in [0.1, 0.15) is 119 Å². The Hall–Kier alpha value is -0.590. The molecule has 0 amide bonds. The smallest absolute Gasteiger partial charge is 0.152 e. The molecule has 0 aliphatic carbocycles. The molecule has 0 heterocycles. The number of rotatable bonds is 12. The van der Waals surface area contributed by atoms with Crippen LogP contribution < -0.4 is 0 Å². The van der Waals surface area contributed by atoms with Gasteiger partial charge in [-0.2, -0.15) is 0 Å². The maximum atomic E-state index is 10.5. The minimum atomic E-state index is 0.156. The summed E-state index contributed by atoms with van der Waals surface area (Å²) < 4.78 is 0. The highest BCUT2D eigenvalue weighted by Crippen LogP contribution is 2.05. The second-order valence-corrected chi connectivity index (χ2v) is 5.63. The normalized spacial score (nSPS) is 9.73. The van der Waals surface area contributed by atoms with Crippen molar-refractivity contribution in [3.8, 4) is 0 Å². The van der Waals surface area contributed by atoms with E-state index in [1.165, 1.54) is 70.6 Å². The van der Waals surface area contributed by atoms with Crippen LogP contribution >= 0.6 is 0 Å². The van der Waals surface area contributed by atoms with Crippen LogP contribution in [0.15, 0.2) is 12.2 Å². The maximum Gasteiger partial charge on any atom is 0.152 e. The molecule has 0 saturated carbocycles. The van der Waals surface area contributed by atoms with Gasteiger partial charge < -0.3 is 0 Å². The summed E-state index contributed by atoms with van der Waals surface area (Å²) in [5, 5.41) is 0. The van der Waals surface area contributed by atoms with Crippen molar-refractivity contribution in [3.63, 3.8) is 0 Å². The van der Waals surface area contributed by atoms with Crippen LogP contribution in [0.3, 0.4) is 0 Å². The molecule has 0 aliphatic heterocycles. The molecule has 0 bridgehead atoms. The lowest BCUT2D eigenvalue weighted by atomic mass is 10.1. The summed E-state index contributed by atoms with van der Waals surface area (Å²) in [7, 11) is 0. The second kappa shape index (κ2) is 28.6. The van der Waals surface area contributed by atoms with Crippen molar-refractivity contribution in [2.24, 2.45) is 0 Å². The molecule has 0 aromatic heterocycles. The van der Waals surface area contributed by atoms with Crippen LogP contribution in [0.5, 0.6) is 0 Å². The number of allylic oxidation sites excluding steroid dienone is 2. The van der Waals surface area contributed by atoms with Gasteiger partial charge in [-0.3, -0.25) is 4.79 Å². The number of unbranched alkanes of at least 4 members (excludes halogenated alkanes) is 10. The Bertz CT molecular complexity index is 200. The van der Waals surface area contributed by atoms with Gasteiger partial charge in [0.05, 0.1) is 0 Å². The third kappa shape index (κ3) is 36.6. The van der Waals surface area contributed by atoms with Gasteiger partial charge in [-0.15, -0.1) is 0 Å². The molecule has 22 heavy (non-hydrogen) atoms. The van der Waals surface area contributed by atoms with Gasteiger partial charge in [0, 0.05) is 0 Å². The minimum absolute atomic E-state index is 0.156. The highest BCUT2D eigenvalue weighted by Gasteiger charge is 1.87. The van der Waals surface area contributed by atoms with Gasteiger partial charge in [0.15, 0.2) is 5.78 Å². The van der Waals surface area contributed by atoms with Crippen molar-refractivity contribution in [3.05, 3.63) is 12.2 Å². The van der Waals surface area contributed by atoms with Gasteiger partial charge >= 0.3 is 0 Å². The monoisotopic (exact) mass is 312 g/mol. The Morgan fingerprint density at radius 1 is 0.682 bits per heavy atom. The van der Waals surface area contributed by atoms with E-state index in [4.69, 9.17) is 0 Å². The molecular formula is C21H44O. The zero-order valence-electron chi connectivity index (χ0n) is 16.5. The fraction of sp³-hybridized carbons (Fsp3) is 0.857. The molecule has 0 rings (SSSR count). The average Bonchev–Trinajstić information content (AvgIpc) is 2.53. The molecular weight excluding hydrogens is 268 g/mol. The van der Waals surface area contributed by atoms with Crippen LogP contribution in [-0.4, -0.2) is 5.78 Å². The van der Waals surface area contributed by atoms with Gasteiger partial charge in [0.2, 0.25) is 0 Å². The predicted octanol–water partition coefficient (Wildman–Crippen LogP) is 7.89. The summed E-state index contributed by atoms with van der Waals surface area (Å²) >= 11 is 0. The zero-order valence-corrected chi connectivity index (χ0v) is 16.5. The highest BCUT2D eigenvalue weighted by molar-refractivity contribution is 5.87. The van der Waals surface area contributed by atoms with Gasteiger partial charge in [-0.05, 0) is 25.8 Å². The molecule has 0 saturated heterocycles. The molecule has 0 spiro atoms. The molecule has 0 aromatic carbocycles. The van der Waals surface area contributed by atoms with Crippen LogP contribution in [-0.2, 0) is 4.79 Å². The third-order valence-corrected chi connectivity index (χ3v) is 3.28. The molecule has 1 nitrogen and oxygen atoms in total. The molecule has 0 atom stereocenters. The lowest BCUT2D eigenvalue weighted by Crippen LogP contribution is -1.80. The van der Waals surface area contributed by atoms with Crippen molar-refractivity contribution in [1.29, 1.82) is 0 Å². The minimum Gasteiger partial charge on any atom is -0.295 e. The number of hydrogen-bond donors (Lipinski definition) is 0. The van der Waals surface area contributed by atoms with E-state index in [1.54, 1.807) is 13.0 Å². The van der Waals surface area contributed by atoms with E-state index in [0.717, 1.165) is 6.42 Å². The SMILES string of the molecule is CC.CCCCCCC/C=C/C(C)=O.CCCCCCCC. The molecule has 0 radical (unpaired) electrons. The molecule has 1 heteroatoms. The molecule has 0 fully saturated rings. The van der Waals surface area contributed by atoms with Crippen molar-refractivity contribution < 1.29 is 4.79 Å². The second-order valence-electron chi connectivity index (χ2n) is 5.63. The molecule has 0 aliphatic rings. The van der Waals surface area contributed by atoms with E-state index in [2.05, 4.69) is 20.8 Å². The fourth-order valence-corrected chi connectivity index (χ4v) is 1.97. The van der Waals surface area contributed by atoms with Gasteiger partial charge in [0.1, 0.15) is 0 Å². The summed E-state index contributed by atoms with van der Waals surface area (Å²) in [6.07, 6.45) is 19.7. The van der Waals surface area contributed by atoms with E-state index >= 15 is 0 Å². The first-order chi connectivity index (χ1) is 10.7. The summed E-state index contributed by atoms with van der Waals surface area (Å²) in [5.41, 5.74) is 0. The Morgan fingerprint density at radius 3 is 1.36 bits per heavy atom. The molecule has 0 unspecified atom stereocenters. The number of carbonyl (C=O) groups is 1. The Balaban J connectivity index is -0.000000313. The molecule has 0 N–H and O–H groups in total. The summed E-state index contributed by atoms with van der Waals surface area (Å²) in [6.45, 7) is 12.3. The predicted molar refractivity (Wildman–Crippen MR) is 104 cm³/mol. The number of carbonyl (C=O) groups excluding carboxylic acids is 1. The molecule has 134 valence electrons. The van der Waals surface area contributed by atoms with Gasteiger partial charge in [0.25, 0.3) is 0 Å². The van der Waals surface area contributed by atoms with Gasteiger partial charge in [-0.1, -0.05) is 105 Å². The standard InChI is InChI=1S/C11H20O.C8H18.C2H6/c1-3-4-5-6-7-8-9-10-11(2)12;1-3-5-7-8-6-4-2;1-2/h9-10H,3-8H2,1-2H3;3-8H2,1-2H3;1-2H3/b10-9+;;. The first-order valence-electron chi connectivity index (χ1n) is 9.86. The van der Waals surface area contributed by atoms with E-state index in [-0.39, 0.29) is 5.78 Å².